The van der Waals surface area contributed by atoms with Gasteiger partial charge in [0.2, 0.25) is 11.9 Å². The SMILES string of the molecule is CCCOc1nc(NC)nc(NCC2CCCCN2C)n1. The van der Waals surface area contributed by atoms with Crippen molar-refractivity contribution < 1.29 is 4.74 Å². The molecule has 2 rings (SSSR count). The lowest BCUT2D eigenvalue weighted by Crippen LogP contribution is -2.41. The van der Waals surface area contributed by atoms with Crippen LogP contribution in [0.4, 0.5) is 11.9 Å². The van der Waals surface area contributed by atoms with Crippen LogP contribution in [0.25, 0.3) is 0 Å². The van der Waals surface area contributed by atoms with Gasteiger partial charge < -0.3 is 20.3 Å². The van der Waals surface area contributed by atoms with Crippen molar-refractivity contribution in [2.75, 3.05) is 44.4 Å². The summed E-state index contributed by atoms with van der Waals surface area (Å²) in [6.07, 6.45) is 4.72. The minimum atomic E-state index is 0.371. The van der Waals surface area contributed by atoms with Gasteiger partial charge in [0.1, 0.15) is 0 Å². The lowest BCUT2D eigenvalue weighted by Gasteiger charge is -2.32. The molecule has 7 nitrogen and oxygen atoms in total. The lowest BCUT2D eigenvalue weighted by atomic mass is 10.0. The smallest absolute Gasteiger partial charge is 0.323 e. The Morgan fingerprint density at radius 3 is 2.76 bits per heavy atom. The summed E-state index contributed by atoms with van der Waals surface area (Å²) in [5.41, 5.74) is 0. The number of nitrogens with one attached hydrogen (secondary N) is 2. The molecule has 0 radical (unpaired) electrons. The van der Waals surface area contributed by atoms with Gasteiger partial charge in [0, 0.05) is 19.6 Å². The Bertz CT molecular complexity index is 441. The molecule has 21 heavy (non-hydrogen) atoms. The second-order valence-electron chi connectivity index (χ2n) is 5.37. The quantitative estimate of drug-likeness (QED) is 0.791. The van der Waals surface area contributed by atoms with E-state index in [1.807, 2.05) is 0 Å². The maximum absolute atomic E-state index is 5.50. The number of nitrogens with zero attached hydrogens (tertiary/aromatic N) is 4. The first-order valence-corrected chi connectivity index (χ1v) is 7.73. The molecule has 0 bridgehead atoms. The Hall–Kier alpha value is -1.63. The van der Waals surface area contributed by atoms with Gasteiger partial charge in [-0.05, 0) is 32.9 Å². The average Bonchev–Trinajstić information content (AvgIpc) is 2.52. The third kappa shape index (κ3) is 4.70. The van der Waals surface area contributed by atoms with E-state index in [0.29, 0.717) is 30.6 Å². The van der Waals surface area contributed by atoms with Crippen LogP contribution in [0, 0.1) is 0 Å². The van der Waals surface area contributed by atoms with E-state index in [1.54, 1.807) is 7.05 Å². The molecule has 1 unspecified atom stereocenters. The van der Waals surface area contributed by atoms with Crippen LogP contribution in [0.2, 0.25) is 0 Å². The van der Waals surface area contributed by atoms with Gasteiger partial charge in [0.15, 0.2) is 0 Å². The van der Waals surface area contributed by atoms with E-state index >= 15 is 0 Å². The monoisotopic (exact) mass is 294 g/mol. The van der Waals surface area contributed by atoms with Gasteiger partial charge in [-0.3, -0.25) is 0 Å². The predicted octanol–water partition coefficient (Wildman–Crippen LogP) is 1.60. The summed E-state index contributed by atoms with van der Waals surface area (Å²) >= 11 is 0. The summed E-state index contributed by atoms with van der Waals surface area (Å²) in [7, 11) is 3.96. The number of anilines is 2. The Labute approximate surface area is 126 Å². The number of rotatable bonds is 7. The highest BCUT2D eigenvalue weighted by atomic mass is 16.5. The molecule has 0 amide bonds. The number of hydrogen-bond donors (Lipinski definition) is 2. The normalized spacial score (nSPS) is 19.3. The number of likely N-dealkylation sites (N-methyl/N-ethyl adjacent to an activating group) is 1. The van der Waals surface area contributed by atoms with Crippen LogP contribution in [-0.4, -0.2) is 59.7 Å². The molecule has 1 aromatic rings. The maximum atomic E-state index is 5.50. The molecular weight excluding hydrogens is 268 g/mol. The summed E-state index contributed by atoms with van der Waals surface area (Å²) in [4.78, 5) is 15.2. The first-order valence-electron chi connectivity index (χ1n) is 7.73. The van der Waals surface area contributed by atoms with Gasteiger partial charge in [-0.25, -0.2) is 0 Å². The molecular formula is C14H26N6O. The molecule has 0 spiro atoms. The fraction of sp³-hybridized carbons (Fsp3) is 0.786. The van der Waals surface area contributed by atoms with E-state index in [9.17, 15) is 0 Å². The fourth-order valence-corrected chi connectivity index (χ4v) is 2.42. The standard InChI is InChI=1S/C14H26N6O/c1-4-9-21-14-18-12(15-2)17-13(19-14)16-10-11-7-5-6-8-20(11)3/h11H,4-10H2,1-3H3,(H2,15,16,17,18,19). The van der Waals surface area contributed by atoms with E-state index in [4.69, 9.17) is 4.74 Å². The molecule has 0 aromatic carbocycles. The van der Waals surface area contributed by atoms with Gasteiger partial charge in [-0.1, -0.05) is 13.3 Å². The van der Waals surface area contributed by atoms with Gasteiger partial charge in [0.25, 0.3) is 0 Å². The van der Waals surface area contributed by atoms with Crippen LogP contribution in [0.1, 0.15) is 32.6 Å². The Morgan fingerprint density at radius 1 is 1.24 bits per heavy atom. The molecule has 1 saturated heterocycles. The highest BCUT2D eigenvalue weighted by molar-refractivity contribution is 5.35. The Morgan fingerprint density at radius 2 is 2.05 bits per heavy atom. The second kappa shape index (κ2) is 7.97. The summed E-state index contributed by atoms with van der Waals surface area (Å²) in [5.74, 6) is 1.09. The topological polar surface area (TPSA) is 75.2 Å². The van der Waals surface area contributed by atoms with Crippen molar-refractivity contribution in [2.24, 2.45) is 0 Å². The minimum absolute atomic E-state index is 0.371. The van der Waals surface area contributed by atoms with Gasteiger partial charge in [0.05, 0.1) is 6.61 Å². The maximum Gasteiger partial charge on any atom is 0.323 e. The van der Waals surface area contributed by atoms with Crippen LogP contribution in [0.5, 0.6) is 6.01 Å². The fourth-order valence-electron chi connectivity index (χ4n) is 2.42. The third-order valence-electron chi connectivity index (χ3n) is 3.69. The van der Waals surface area contributed by atoms with Crippen LogP contribution >= 0.6 is 0 Å². The van der Waals surface area contributed by atoms with Gasteiger partial charge in [-0.15, -0.1) is 0 Å². The molecule has 1 fully saturated rings. The first kappa shape index (κ1) is 15.8. The average molecular weight is 294 g/mol. The zero-order valence-corrected chi connectivity index (χ0v) is 13.2. The van der Waals surface area contributed by atoms with E-state index in [0.717, 1.165) is 19.5 Å². The highest BCUT2D eigenvalue weighted by Crippen LogP contribution is 2.16. The van der Waals surface area contributed by atoms with Crippen molar-refractivity contribution >= 4 is 11.9 Å². The highest BCUT2D eigenvalue weighted by Gasteiger charge is 2.19. The summed E-state index contributed by atoms with van der Waals surface area (Å²) in [6, 6.07) is 0.907. The number of hydrogen-bond acceptors (Lipinski definition) is 7. The van der Waals surface area contributed by atoms with Crippen LogP contribution in [0.15, 0.2) is 0 Å². The van der Waals surface area contributed by atoms with Crippen molar-refractivity contribution in [3.05, 3.63) is 0 Å². The van der Waals surface area contributed by atoms with E-state index < -0.39 is 0 Å². The van der Waals surface area contributed by atoms with E-state index in [2.05, 4.69) is 44.5 Å². The van der Waals surface area contributed by atoms with Crippen molar-refractivity contribution in [3.63, 3.8) is 0 Å². The molecule has 1 aliphatic heterocycles. The van der Waals surface area contributed by atoms with Crippen LogP contribution in [0.3, 0.4) is 0 Å². The van der Waals surface area contributed by atoms with Crippen molar-refractivity contribution in [2.45, 2.75) is 38.6 Å². The van der Waals surface area contributed by atoms with Crippen molar-refractivity contribution in [3.8, 4) is 6.01 Å². The van der Waals surface area contributed by atoms with E-state index in [-0.39, 0.29) is 0 Å². The van der Waals surface area contributed by atoms with Gasteiger partial charge in [-0.2, -0.15) is 15.0 Å². The molecule has 1 atom stereocenters. The Kier molecular flexibility index (Phi) is 5.98. The summed E-state index contributed by atoms with van der Waals surface area (Å²) in [6.45, 7) is 4.67. The molecule has 118 valence electrons. The van der Waals surface area contributed by atoms with Crippen LogP contribution < -0.4 is 15.4 Å². The summed E-state index contributed by atoms with van der Waals surface area (Å²) < 4.78 is 5.50. The lowest BCUT2D eigenvalue weighted by molar-refractivity contribution is 0.194. The molecule has 7 heteroatoms. The Balaban J connectivity index is 1.97. The second-order valence-corrected chi connectivity index (χ2v) is 5.37. The minimum Gasteiger partial charge on any atom is -0.463 e. The number of aromatic nitrogens is 3. The van der Waals surface area contributed by atoms with Crippen LogP contribution in [-0.2, 0) is 0 Å². The molecule has 0 aliphatic carbocycles. The third-order valence-corrected chi connectivity index (χ3v) is 3.69. The van der Waals surface area contributed by atoms with Crippen molar-refractivity contribution in [1.29, 1.82) is 0 Å². The molecule has 1 aromatic heterocycles. The first-order chi connectivity index (χ1) is 10.2. The molecule has 2 heterocycles. The zero-order chi connectivity index (χ0) is 15.1. The largest absolute Gasteiger partial charge is 0.463 e. The van der Waals surface area contributed by atoms with E-state index in [1.165, 1.54) is 19.3 Å². The van der Waals surface area contributed by atoms with Crippen molar-refractivity contribution in [1.82, 2.24) is 19.9 Å². The van der Waals surface area contributed by atoms with Gasteiger partial charge >= 0.3 is 6.01 Å². The number of ether oxygens (including phenoxy) is 1. The zero-order valence-electron chi connectivity index (χ0n) is 13.2. The molecule has 1 aliphatic rings. The number of piperidine rings is 1. The molecule has 0 saturated carbocycles. The molecule has 2 N–H and O–H groups in total. The predicted molar refractivity (Wildman–Crippen MR) is 83.9 cm³/mol. The number of likely N-dealkylation sites (tertiary alicyclic amines) is 1. The summed E-state index contributed by atoms with van der Waals surface area (Å²) in [5, 5.41) is 6.25.